The lowest BCUT2D eigenvalue weighted by Gasteiger charge is -2.04. The summed E-state index contributed by atoms with van der Waals surface area (Å²) in [6, 6.07) is 7.63. The molecule has 0 radical (unpaired) electrons. The van der Waals surface area contributed by atoms with Crippen LogP contribution in [0.25, 0.3) is 21.9 Å². The van der Waals surface area contributed by atoms with E-state index in [4.69, 9.17) is 16.8 Å². The van der Waals surface area contributed by atoms with E-state index in [1.54, 1.807) is 0 Å². The Balaban J connectivity index is 0.000000207. The van der Waals surface area contributed by atoms with Gasteiger partial charge in [0.15, 0.2) is 57.9 Å². The van der Waals surface area contributed by atoms with Crippen LogP contribution in [0, 0.1) is 58.2 Å². The lowest BCUT2D eigenvalue weighted by Crippen LogP contribution is -2.19. The smallest absolute Gasteiger partial charge is 0.360 e. The number of aromatic nitrogens is 2. The van der Waals surface area contributed by atoms with Gasteiger partial charge in [0, 0.05) is 10.9 Å². The van der Waals surface area contributed by atoms with Crippen LogP contribution in [-0.4, -0.2) is 60.5 Å². The number of hydrogen-bond donors (Lipinski definition) is 1. The van der Waals surface area contributed by atoms with Gasteiger partial charge >= 0.3 is 17.9 Å². The summed E-state index contributed by atoms with van der Waals surface area (Å²) in [6.07, 6.45) is -0.417. The van der Waals surface area contributed by atoms with Crippen molar-refractivity contribution in [2.45, 2.75) is 12.3 Å². The molecular weight excluding hydrogens is 832 g/mol. The molecule has 0 amide bonds. The predicted molar refractivity (Wildman–Crippen MR) is 177 cm³/mol. The van der Waals surface area contributed by atoms with Crippen LogP contribution in [0.2, 0.25) is 0 Å². The van der Waals surface area contributed by atoms with Gasteiger partial charge in [-0.2, -0.15) is 8.78 Å². The summed E-state index contributed by atoms with van der Waals surface area (Å²) in [5.74, 6) is -15.8. The first-order valence-electron chi connectivity index (χ1n) is 15.2. The van der Waals surface area contributed by atoms with Gasteiger partial charge in [-0.15, -0.1) is 11.6 Å². The lowest BCUT2D eigenvalue weighted by atomic mass is 10.1. The molecule has 308 valence electrons. The van der Waals surface area contributed by atoms with Crippen molar-refractivity contribution in [3.8, 4) is 0 Å². The summed E-state index contributed by atoms with van der Waals surface area (Å²) in [7, 11) is 3.24. The summed E-state index contributed by atoms with van der Waals surface area (Å²) in [4.78, 5) is 32.8. The summed E-state index contributed by atoms with van der Waals surface area (Å²) in [5, 5.41) is 18.3. The maximum atomic E-state index is 13.2. The molecule has 0 bridgehead atoms. The number of fused-ring (bicyclic) bond motifs is 2. The monoisotopic (exact) mass is 853 g/mol. The number of benzene rings is 4. The highest BCUT2D eigenvalue weighted by atomic mass is 35.5. The second-order valence-electron chi connectivity index (χ2n) is 10.5. The Morgan fingerprint density at radius 3 is 1.67 bits per heavy atom. The number of nitrogens with zero attached hydrogens (tertiary/aromatic N) is 3. The fourth-order valence-electron chi connectivity index (χ4n) is 4.23. The van der Waals surface area contributed by atoms with Crippen molar-refractivity contribution in [3.05, 3.63) is 129 Å². The largest absolute Gasteiger partial charge is 0.469 e. The molecule has 0 fully saturated rings. The first-order chi connectivity index (χ1) is 27.5. The molecule has 0 saturated carbocycles. The Hall–Kier alpha value is -6.71. The van der Waals surface area contributed by atoms with Crippen molar-refractivity contribution in [1.29, 1.82) is 0 Å². The number of rotatable bonds is 6. The van der Waals surface area contributed by atoms with Crippen LogP contribution < -0.4 is 0 Å². The molecular formula is C35H22ClF10N3O9. The molecule has 23 heteroatoms. The minimum Gasteiger partial charge on any atom is -0.469 e. The van der Waals surface area contributed by atoms with E-state index in [1.165, 1.54) is 12.1 Å². The van der Waals surface area contributed by atoms with Crippen molar-refractivity contribution in [1.82, 2.24) is 10.3 Å². The topological polar surface area (TPSA) is 164 Å². The quantitative estimate of drug-likeness (QED) is 0.0252. The van der Waals surface area contributed by atoms with E-state index in [0.29, 0.717) is 17.1 Å². The van der Waals surface area contributed by atoms with Crippen LogP contribution >= 0.6 is 11.6 Å². The number of hydrogen-bond acceptors (Lipinski definition) is 12. The lowest BCUT2D eigenvalue weighted by molar-refractivity contribution is -0.139. The summed E-state index contributed by atoms with van der Waals surface area (Å²) in [5.41, 5.74) is -2.10. The maximum absolute atomic E-state index is 13.2. The molecule has 0 unspecified atom stereocenters. The highest BCUT2D eigenvalue weighted by Crippen LogP contribution is 2.25. The van der Waals surface area contributed by atoms with Crippen molar-refractivity contribution < 1.29 is 86.8 Å². The molecule has 0 aliphatic carbocycles. The van der Waals surface area contributed by atoms with Gasteiger partial charge in [-0.05, 0) is 42.5 Å². The molecule has 6 aromatic rings. The number of alkyl halides is 1. The average molecular weight is 854 g/mol. The molecule has 6 rings (SSSR count). The molecule has 2 heterocycles. The second kappa shape index (κ2) is 20.5. The summed E-state index contributed by atoms with van der Waals surface area (Å²) >= 11 is 5.50. The van der Waals surface area contributed by atoms with Crippen molar-refractivity contribution in [2.24, 2.45) is 5.16 Å². The molecule has 4 aromatic carbocycles. The number of oxime groups is 1. The number of ether oxygens (including phenoxy) is 3. The number of halogens is 11. The highest BCUT2D eigenvalue weighted by Gasteiger charge is 2.24. The molecule has 12 nitrogen and oxygen atoms in total. The van der Waals surface area contributed by atoms with Gasteiger partial charge in [-0.1, -0.05) is 21.5 Å². The van der Waals surface area contributed by atoms with Crippen molar-refractivity contribution >= 4 is 57.2 Å². The number of methoxy groups -OCH3 is 3. The van der Waals surface area contributed by atoms with Crippen LogP contribution in [-0.2, 0) is 36.1 Å². The molecule has 0 spiro atoms. The summed E-state index contributed by atoms with van der Waals surface area (Å²) in [6.45, 7) is 0. The Morgan fingerprint density at radius 1 is 0.638 bits per heavy atom. The second-order valence-corrected chi connectivity index (χ2v) is 10.8. The minimum absolute atomic E-state index is 0.0840. The van der Waals surface area contributed by atoms with E-state index in [-0.39, 0.29) is 28.1 Å². The SMILES string of the molecule is COC(=O)/C(=N/O)c1ccc(F)c(F)c1F.COC(=O)Cc1ccc(F)c(F)c1F.COC(=O)c1noc2c(F)c(F)ccc12.Fc1ccc2c(CCl)noc2c1F. The zero-order chi connectivity index (χ0) is 43.4. The number of carbonyl (C=O) groups excluding carboxylic acids is 3. The third kappa shape index (κ3) is 10.4. The molecule has 0 aliphatic heterocycles. The number of esters is 3. The molecule has 0 atom stereocenters. The minimum atomic E-state index is -1.76. The van der Waals surface area contributed by atoms with Gasteiger partial charge in [0.05, 0.1) is 44.6 Å². The fourth-order valence-corrected chi connectivity index (χ4v) is 4.42. The van der Waals surface area contributed by atoms with E-state index in [0.717, 1.165) is 51.7 Å². The van der Waals surface area contributed by atoms with Crippen LogP contribution in [0.15, 0.2) is 62.7 Å². The third-order valence-corrected chi connectivity index (χ3v) is 7.35. The van der Waals surface area contributed by atoms with E-state index in [2.05, 4.69) is 38.7 Å². The normalized spacial score (nSPS) is 10.8. The maximum Gasteiger partial charge on any atom is 0.360 e. The van der Waals surface area contributed by atoms with Crippen LogP contribution in [0.3, 0.4) is 0 Å². The molecule has 0 saturated heterocycles. The van der Waals surface area contributed by atoms with Crippen molar-refractivity contribution in [2.75, 3.05) is 21.3 Å². The van der Waals surface area contributed by atoms with E-state index in [1.807, 2.05) is 0 Å². The Kier molecular flexibility index (Phi) is 16.1. The molecule has 0 aliphatic rings. The zero-order valence-electron chi connectivity index (χ0n) is 29.2. The third-order valence-electron chi connectivity index (χ3n) is 7.09. The van der Waals surface area contributed by atoms with Gasteiger partial charge in [0.1, 0.15) is 5.69 Å². The van der Waals surface area contributed by atoms with Crippen LogP contribution in [0.1, 0.15) is 27.3 Å². The Bertz CT molecular complexity index is 2500. The fraction of sp³-hybridized carbons (Fsp3) is 0.143. The van der Waals surface area contributed by atoms with Crippen LogP contribution in [0.5, 0.6) is 0 Å². The van der Waals surface area contributed by atoms with Gasteiger partial charge in [-0.25, -0.2) is 44.7 Å². The van der Waals surface area contributed by atoms with Gasteiger partial charge in [0.25, 0.3) is 0 Å². The van der Waals surface area contributed by atoms with Gasteiger partial charge < -0.3 is 28.5 Å². The average Bonchev–Trinajstić information content (AvgIpc) is 3.86. The Morgan fingerprint density at radius 2 is 1.14 bits per heavy atom. The van der Waals surface area contributed by atoms with Crippen LogP contribution in [0.4, 0.5) is 43.9 Å². The standard InChI is InChI=1S/C9H6F3NO3.C9H7F3O2.C9H5F2NO3.C8H4ClF2NO/c1-16-9(14)8(13-15)4-2-3-5(10)7(12)6(4)11;1-14-7(13)4-5-2-3-6(10)9(12)8(5)11;1-14-9(13)7-4-2-3-5(10)6(11)8(4)15-12-7;9-3-6-4-1-2-5(10)7(11)8(4)13-12-6/h2-3,15H,1H3;2-3H,4H2,1H3;2-3H,1H3;1-2H,3H2/b13-8+;;;. The summed E-state index contributed by atoms with van der Waals surface area (Å²) < 4.78 is 150. The van der Waals surface area contributed by atoms with E-state index < -0.39 is 99.4 Å². The Labute approximate surface area is 322 Å². The van der Waals surface area contributed by atoms with Gasteiger partial charge in [0.2, 0.25) is 22.8 Å². The molecule has 58 heavy (non-hydrogen) atoms. The molecule has 2 aromatic heterocycles. The van der Waals surface area contributed by atoms with Crippen molar-refractivity contribution in [3.63, 3.8) is 0 Å². The van der Waals surface area contributed by atoms with Gasteiger partial charge in [-0.3, -0.25) is 4.79 Å². The van der Waals surface area contributed by atoms with E-state index >= 15 is 0 Å². The first kappa shape index (κ1) is 45.7. The zero-order valence-corrected chi connectivity index (χ0v) is 30.0. The molecule has 1 N–H and O–H groups in total. The highest BCUT2D eigenvalue weighted by molar-refractivity contribution is 6.43. The first-order valence-corrected chi connectivity index (χ1v) is 15.7. The predicted octanol–water partition coefficient (Wildman–Crippen LogP) is 8.01. The number of carbonyl (C=O) groups is 3. The van der Waals surface area contributed by atoms with E-state index in [9.17, 15) is 58.3 Å².